The lowest BCUT2D eigenvalue weighted by molar-refractivity contribution is -0.129. The number of aliphatic imine (C=N–C) groups is 1. The van der Waals surface area contributed by atoms with Crippen LogP contribution in [0.5, 0.6) is 11.5 Å². The van der Waals surface area contributed by atoms with Crippen molar-refractivity contribution in [3.63, 3.8) is 0 Å². The lowest BCUT2D eigenvalue weighted by Gasteiger charge is -2.10. The average molecular weight is 513 g/mol. The van der Waals surface area contributed by atoms with E-state index in [1.54, 1.807) is 54.6 Å². The van der Waals surface area contributed by atoms with Gasteiger partial charge >= 0.3 is 11.9 Å². The molecule has 3 aromatic carbocycles. The van der Waals surface area contributed by atoms with Crippen LogP contribution in [-0.4, -0.2) is 24.9 Å². The van der Waals surface area contributed by atoms with Gasteiger partial charge in [0.2, 0.25) is 5.90 Å². The van der Waals surface area contributed by atoms with Gasteiger partial charge in [0.05, 0.1) is 23.3 Å². The van der Waals surface area contributed by atoms with E-state index in [1.165, 1.54) is 7.11 Å². The number of carbonyl (C=O) groups excluding carboxylic acids is 2. The fourth-order valence-corrected chi connectivity index (χ4v) is 3.62. The fraction of sp³-hybridized carbons (Fsp3) is 0.0417. The number of nitrogens with zero attached hydrogens (tertiary/aromatic N) is 1. The van der Waals surface area contributed by atoms with Gasteiger partial charge in [-0.3, -0.25) is 0 Å². The summed E-state index contributed by atoms with van der Waals surface area (Å²) in [4.78, 5) is 29.1. The maximum atomic E-state index is 12.5. The predicted octanol–water partition coefficient (Wildman–Crippen LogP) is 5.67. The van der Waals surface area contributed by atoms with Crippen LogP contribution in [0.15, 0.2) is 81.9 Å². The van der Waals surface area contributed by atoms with Crippen LogP contribution in [0.4, 0.5) is 0 Å². The van der Waals surface area contributed by atoms with Crippen molar-refractivity contribution in [3.8, 4) is 11.5 Å². The molecule has 4 rings (SSSR count). The number of esters is 2. The largest absolute Gasteiger partial charge is 0.493 e. The Bertz CT molecular complexity index is 1280. The topological polar surface area (TPSA) is 74.2 Å². The summed E-state index contributed by atoms with van der Waals surface area (Å²) in [7, 11) is 1.45. The minimum absolute atomic E-state index is 0.138. The molecular formula is C24H15BrClNO5. The zero-order valence-corrected chi connectivity index (χ0v) is 19.0. The third-order valence-corrected chi connectivity index (χ3v) is 5.53. The second kappa shape index (κ2) is 9.38. The van der Waals surface area contributed by atoms with Gasteiger partial charge in [-0.2, -0.15) is 0 Å². The van der Waals surface area contributed by atoms with E-state index in [-0.39, 0.29) is 27.9 Å². The summed E-state index contributed by atoms with van der Waals surface area (Å²) >= 11 is 9.48. The van der Waals surface area contributed by atoms with E-state index in [0.717, 1.165) is 4.47 Å². The molecule has 0 fully saturated rings. The van der Waals surface area contributed by atoms with Crippen molar-refractivity contribution in [1.82, 2.24) is 0 Å². The lowest BCUT2D eigenvalue weighted by Crippen LogP contribution is -2.09. The Kier molecular flexibility index (Phi) is 6.39. The fourth-order valence-electron chi connectivity index (χ4n) is 2.96. The monoisotopic (exact) mass is 511 g/mol. The van der Waals surface area contributed by atoms with Crippen molar-refractivity contribution in [1.29, 1.82) is 0 Å². The highest BCUT2D eigenvalue weighted by molar-refractivity contribution is 9.10. The third kappa shape index (κ3) is 4.59. The molecule has 0 bridgehead atoms. The first kappa shape index (κ1) is 21.8. The van der Waals surface area contributed by atoms with Gasteiger partial charge < -0.3 is 14.2 Å². The van der Waals surface area contributed by atoms with Crippen LogP contribution >= 0.6 is 27.5 Å². The maximum absolute atomic E-state index is 12.5. The second-order valence-corrected chi connectivity index (χ2v) is 7.86. The molecule has 1 heterocycles. The second-order valence-electron chi connectivity index (χ2n) is 6.60. The Hall–Kier alpha value is -3.42. The van der Waals surface area contributed by atoms with Crippen LogP contribution in [0.2, 0.25) is 5.02 Å². The predicted molar refractivity (Wildman–Crippen MR) is 124 cm³/mol. The van der Waals surface area contributed by atoms with Gasteiger partial charge in [-0.1, -0.05) is 41.9 Å². The van der Waals surface area contributed by atoms with Gasteiger partial charge in [0.1, 0.15) is 0 Å². The first-order chi connectivity index (χ1) is 15.5. The van der Waals surface area contributed by atoms with Gasteiger partial charge in [-0.15, -0.1) is 0 Å². The van der Waals surface area contributed by atoms with Crippen LogP contribution in [0.3, 0.4) is 0 Å². The van der Waals surface area contributed by atoms with Crippen LogP contribution in [0.1, 0.15) is 21.5 Å². The number of rotatable bonds is 5. The van der Waals surface area contributed by atoms with Crippen molar-refractivity contribution in [2.75, 3.05) is 7.11 Å². The minimum atomic E-state index is -0.609. The number of ether oxygens (including phenoxy) is 3. The average Bonchev–Trinajstić information content (AvgIpc) is 3.15. The highest BCUT2D eigenvalue weighted by atomic mass is 79.9. The molecule has 32 heavy (non-hydrogen) atoms. The molecule has 6 nitrogen and oxygen atoms in total. The van der Waals surface area contributed by atoms with Crippen molar-refractivity contribution in [3.05, 3.63) is 98.6 Å². The molecule has 1 aliphatic heterocycles. The number of methoxy groups -OCH3 is 1. The number of hydrogen-bond donors (Lipinski definition) is 0. The Balaban J connectivity index is 1.60. The van der Waals surface area contributed by atoms with Crippen LogP contribution in [-0.2, 0) is 9.53 Å². The molecule has 0 spiro atoms. The van der Waals surface area contributed by atoms with Crippen molar-refractivity contribution in [2.45, 2.75) is 0 Å². The van der Waals surface area contributed by atoms with Crippen LogP contribution in [0.25, 0.3) is 6.08 Å². The first-order valence-electron chi connectivity index (χ1n) is 9.38. The van der Waals surface area contributed by atoms with Crippen molar-refractivity contribution < 1.29 is 23.8 Å². The SMILES string of the molecule is COc1cc(/C=C2\N=C(c3ccccc3Br)OC2=O)ccc1OC(=O)c1ccccc1Cl. The van der Waals surface area contributed by atoms with Gasteiger partial charge in [0.25, 0.3) is 0 Å². The van der Waals surface area contributed by atoms with E-state index in [1.807, 2.05) is 18.2 Å². The molecule has 0 aliphatic carbocycles. The van der Waals surface area contributed by atoms with Gasteiger partial charge in [0, 0.05) is 4.47 Å². The van der Waals surface area contributed by atoms with E-state index in [2.05, 4.69) is 20.9 Å². The van der Waals surface area contributed by atoms with E-state index in [0.29, 0.717) is 16.9 Å². The highest BCUT2D eigenvalue weighted by Crippen LogP contribution is 2.31. The summed E-state index contributed by atoms with van der Waals surface area (Å²) in [6.07, 6.45) is 1.56. The van der Waals surface area contributed by atoms with Gasteiger partial charge in [-0.05, 0) is 64.0 Å². The number of cyclic esters (lactones) is 1. The molecule has 8 heteroatoms. The zero-order chi connectivity index (χ0) is 22.7. The number of benzene rings is 3. The molecule has 0 saturated heterocycles. The van der Waals surface area contributed by atoms with Gasteiger partial charge in [-0.25, -0.2) is 14.6 Å². The summed E-state index contributed by atoms with van der Waals surface area (Å²) in [5, 5.41) is 0.288. The van der Waals surface area contributed by atoms with Gasteiger partial charge in [0.15, 0.2) is 17.2 Å². The molecule has 0 atom stereocenters. The summed E-state index contributed by atoms with van der Waals surface area (Å²) < 4.78 is 16.9. The van der Waals surface area contributed by atoms with E-state index < -0.39 is 11.9 Å². The Labute approximate surface area is 197 Å². The van der Waals surface area contributed by atoms with E-state index >= 15 is 0 Å². The molecule has 160 valence electrons. The Morgan fingerprint density at radius 3 is 2.56 bits per heavy atom. The third-order valence-electron chi connectivity index (χ3n) is 4.51. The molecule has 0 saturated carbocycles. The van der Waals surface area contributed by atoms with E-state index in [9.17, 15) is 9.59 Å². The molecule has 1 aliphatic rings. The molecule has 3 aromatic rings. The summed E-state index contributed by atoms with van der Waals surface area (Å²) in [6, 6.07) is 18.8. The highest BCUT2D eigenvalue weighted by Gasteiger charge is 2.25. The van der Waals surface area contributed by atoms with Crippen molar-refractivity contribution in [2.24, 2.45) is 4.99 Å². The number of halogens is 2. The molecule has 0 N–H and O–H groups in total. The number of carbonyl (C=O) groups is 2. The molecule has 0 amide bonds. The lowest BCUT2D eigenvalue weighted by atomic mass is 10.1. The normalized spacial score (nSPS) is 14.2. The molecule has 0 radical (unpaired) electrons. The Morgan fingerprint density at radius 1 is 1.06 bits per heavy atom. The summed E-state index contributed by atoms with van der Waals surface area (Å²) in [6.45, 7) is 0. The number of hydrogen-bond acceptors (Lipinski definition) is 6. The quantitative estimate of drug-likeness (QED) is 0.250. The molecule has 0 unspecified atom stereocenters. The van der Waals surface area contributed by atoms with Crippen LogP contribution in [0, 0.1) is 0 Å². The summed E-state index contributed by atoms with van der Waals surface area (Å²) in [5.74, 6) is -0.441. The van der Waals surface area contributed by atoms with Crippen LogP contribution < -0.4 is 9.47 Å². The maximum Gasteiger partial charge on any atom is 0.363 e. The zero-order valence-electron chi connectivity index (χ0n) is 16.7. The first-order valence-corrected chi connectivity index (χ1v) is 10.6. The summed E-state index contributed by atoms with van der Waals surface area (Å²) in [5.41, 5.74) is 1.66. The minimum Gasteiger partial charge on any atom is -0.493 e. The smallest absolute Gasteiger partial charge is 0.363 e. The molecular weight excluding hydrogens is 498 g/mol. The molecule has 0 aromatic heterocycles. The Morgan fingerprint density at radius 2 is 1.81 bits per heavy atom. The van der Waals surface area contributed by atoms with E-state index in [4.69, 9.17) is 25.8 Å². The standard InChI is InChI=1S/C24H15BrClNO5/c1-30-21-13-14(10-11-20(21)31-23(28)16-7-3-5-9-18(16)26)12-19-24(29)32-22(27-19)15-6-2-4-8-17(15)25/h2-13H,1H3/b19-12-. The van der Waals surface area contributed by atoms with Crippen molar-refractivity contribution >= 4 is 51.4 Å².